The second kappa shape index (κ2) is 6.11. The van der Waals surface area contributed by atoms with Gasteiger partial charge in [0, 0.05) is 22.7 Å². The maximum Gasteiger partial charge on any atom is 0.268 e. The summed E-state index contributed by atoms with van der Waals surface area (Å²) in [6.45, 7) is 1.88. The first-order valence-corrected chi connectivity index (χ1v) is 9.40. The van der Waals surface area contributed by atoms with E-state index >= 15 is 0 Å². The molecule has 3 aromatic rings. The van der Waals surface area contributed by atoms with E-state index in [0.717, 1.165) is 21.0 Å². The van der Waals surface area contributed by atoms with Crippen LogP contribution >= 0.6 is 15.9 Å². The highest BCUT2D eigenvalue weighted by Gasteiger charge is 2.21. The van der Waals surface area contributed by atoms with Crippen molar-refractivity contribution in [1.82, 2.24) is 3.97 Å². The molecule has 0 spiro atoms. The lowest BCUT2D eigenvalue weighted by atomic mass is 10.1. The average Bonchev–Trinajstić information content (AvgIpc) is 2.89. The van der Waals surface area contributed by atoms with Crippen molar-refractivity contribution < 1.29 is 13.5 Å². The number of hydrogen-bond acceptors (Lipinski definition) is 3. The summed E-state index contributed by atoms with van der Waals surface area (Å²) in [6, 6.07) is 12.2. The Morgan fingerprint density at radius 3 is 2.48 bits per heavy atom. The van der Waals surface area contributed by atoms with E-state index in [1.807, 2.05) is 13.0 Å². The molecule has 0 radical (unpaired) electrons. The molecule has 0 unspecified atom stereocenters. The molecule has 0 saturated carbocycles. The lowest BCUT2D eigenvalue weighted by molar-refractivity contribution is 0.300. The molecule has 0 bridgehead atoms. The van der Waals surface area contributed by atoms with Gasteiger partial charge in [0.15, 0.2) is 0 Å². The van der Waals surface area contributed by atoms with E-state index in [-0.39, 0.29) is 11.5 Å². The summed E-state index contributed by atoms with van der Waals surface area (Å²) < 4.78 is 28.1. The van der Waals surface area contributed by atoms with Gasteiger partial charge in [0.25, 0.3) is 10.0 Å². The normalized spacial score (nSPS) is 12.0. The smallest absolute Gasteiger partial charge is 0.268 e. The number of fused-ring (bicyclic) bond motifs is 1. The van der Waals surface area contributed by atoms with Gasteiger partial charge in [-0.05, 0) is 43.2 Å². The summed E-state index contributed by atoms with van der Waals surface area (Å²) >= 11 is 3.47. The summed E-state index contributed by atoms with van der Waals surface area (Å²) in [7, 11) is -3.68. The van der Waals surface area contributed by atoms with E-state index in [1.165, 1.54) is 3.97 Å². The lowest BCUT2D eigenvalue weighted by Gasteiger charge is -2.08. The van der Waals surface area contributed by atoms with Gasteiger partial charge in [-0.2, -0.15) is 0 Å². The highest BCUT2D eigenvalue weighted by molar-refractivity contribution is 9.10. The first kappa shape index (κ1) is 16.2. The molecule has 0 aliphatic heterocycles. The fourth-order valence-electron chi connectivity index (χ4n) is 2.62. The lowest BCUT2D eigenvalue weighted by Crippen LogP contribution is -2.11. The third kappa shape index (κ3) is 2.82. The molecule has 2 aromatic carbocycles. The Kier molecular flexibility index (Phi) is 4.31. The molecule has 0 fully saturated rings. The van der Waals surface area contributed by atoms with Gasteiger partial charge in [0.05, 0.1) is 10.4 Å². The van der Waals surface area contributed by atoms with Crippen LogP contribution in [0.3, 0.4) is 0 Å². The molecule has 6 heteroatoms. The van der Waals surface area contributed by atoms with Crippen molar-refractivity contribution in [3.63, 3.8) is 0 Å². The summed E-state index contributed by atoms with van der Waals surface area (Å²) in [4.78, 5) is 0.246. The van der Waals surface area contributed by atoms with Crippen LogP contribution in [0.1, 0.15) is 11.1 Å². The number of aromatic nitrogens is 1. The van der Waals surface area contributed by atoms with Crippen LogP contribution in [0.25, 0.3) is 10.9 Å². The van der Waals surface area contributed by atoms with Crippen LogP contribution in [0, 0.1) is 6.92 Å². The maximum atomic E-state index is 13.0. The third-order valence-corrected chi connectivity index (χ3v) is 6.13. The van der Waals surface area contributed by atoms with Crippen LogP contribution in [0.2, 0.25) is 0 Å². The third-order valence-electron chi connectivity index (χ3n) is 3.78. The van der Waals surface area contributed by atoms with E-state index in [0.29, 0.717) is 11.9 Å². The van der Waals surface area contributed by atoms with Crippen LogP contribution in [0.4, 0.5) is 0 Å². The minimum absolute atomic E-state index is 0.0367. The minimum atomic E-state index is -3.68. The quantitative estimate of drug-likeness (QED) is 0.737. The summed E-state index contributed by atoms with van der Waals surface area (Å²) in [5, 5.41) is 10.1. The number of benzene rings is 2. The van der Waals surface area contributed by atoms with Gasteiger partial charge in [0.1, 0.15) is 0 Å². The Morgan fingerprint density at radius 1 is 1.13 bits per heavy atom. The first-order chi connectivity index (χ1) is 10.9. The number of aryl methyl sites for hydroxylation is 1. The molecule has 0 aliphatic rings. The van der Waals surface area contributed by atoms with Crippen molar-refractivity contribution in [1.29, 1.82) is 0 Å². The van der Waals surface area contributed by atoms with Crippen molar-refractivity contribution in [2.75, 3.05) is 6.61 Å². The molecule has 0 saturated heterocycles. The van der Waals surface area contributed by atoms with Gasteiger partial charge in [-0.15, -0.1) is 0 Å². The number of nitrogens with zero attached hydrogens (tertiary/aromatic N) is 1. The Hall–Kier alpha value is -1.63. The molecule has 4 nitrogen and oxygen atoms in total. The van der Waals surface area contributed by atoms with E-state index in [1.54, 1.807) is 42.6 Å². The monoisotopic (exact) mass is 393 g/mol. The molecule has 0 amide bonds. The van der Waals surface area contributed by atoms with Crippen molar-refractivity contribution in [3.05, 3.63) is 64.3 Å². The molecule has 1 N–H and O–H groups in total. The van der Waals surface area contributed by atoms with Crippen LogP contribution < -0.4 is 0 Å². The molecule has 0 atom stereocenters. The fraction of sp³-hybridized carbons (Fsp3) is 0.176. The van der Waals surface area contributed by atoms with Crippen molar-refractivity contribution in [2.45, 2.75) is 18.2 Å². The Labute approximate surface area is 143 Å². The van der Waals surface area contributed by atoms with E-state index in [2.05, 4.69) is 15.9 Å². The molecular weight excluding hydrogens is 378 g/mol. The van der Waals surface area contributed by atoms with E-state index < -0.39 is 10.0 Å². The fourth-order valence-corrected chi connectivity index (χ4v) is 4.62. The second-order valence-corrected chi connectivity index (χ2v) is 8.05. The number of aliphatic hydroxyl groups is 1. The Balaban J connectivity index is 2.27. The maximum absolute atomic E-state index is 13.0. The van der Waals surface area contributed by atoms with Gasteiger partial charge >= 0.3 is 0 Å². The largest absolute Gasteiger partial charge is 0.396 e. The highest BCUT2D eigenvalue weighted by Crippen LogP contribution is 2.31. The van der Waals surface area contributed by atoms with Crippen LogP contribution in [0.15, 0.2) is 58.0 Å². The summed E-state index contributed by atoms with van der Waals surface area (Å²) in [6.07, 6.45) is 2.00. The number of hydrogen-bond donors (Lipinski definition) is 1. The van der Waals surface area contributed by atoms with Crippen LogP contribution in [-0.2, 0) is 16.4 Å². The molecule has 1 heterocycles. The molecule has 120 valence electrons. The Bertz CT molecular complexity index is 959. The SMILES string of the molecule is Cc1ccc(S(=O)(=O)n2cc(CCO)c3c(Br)cccc32)cc1. The van der Waals surface area contributed by atoms with Crippen molar-refractivity contribution in [3.8, 4) is 0 Å². The molecular formula is C17H16BrNO3S. The van der Waals surface area contributed by atoms with Gasteiger partial charge in [-0.25, -0.2) is 12.4 Å². The minimum Gasteiger partial charge on any atom is -0.396 e. The molecule has 3 rings (SSSR count). The second-order valence-electron chi connectivity index (χ2n) is 5.38. The van der Waals surface area contributed by atoms with E-state index in [4.69, 9.17) is 0 Å². The Morgan fingerprint density at radius 2 is 1.83 bits per heavy atom. The molecule has 0 aliphatic carbocycles. The zero-order chi connectivity index (χ0) is 16.6. The molecule has 23 heavy (non-hydrogen) atoms. The van der Waals surface area contributed by atoms with Crippen molar-refractivity contribution >= 4 is 36.9 Å². The van der Waals surface area contributed by atoms with Gasteiger partial charge in [0.2, 0.25) is 0 Å². The highest BCUT2D eigenvalue weighted by atomic mass is 79.9. The first-order valence-electron chi connectivity index (χ1n) is 7.16. The standard InChI is InChI=1S/C17H16BrNO3S/c1-12-5-7-14(8-6-12)23(21,22)19-11-13(9-10-20)17-15(18)3-2-4-16(17)19/h2-8,11,20H,9-10H2,1H3. The molecule has 1 aromatic heterocycles. The average molecular weight is 394 g/mol. The predicted octanol–water partition coefficient (Wildman–Crippen LogP) is 3.48. The number of aliphatic hydroxyl groups excluding tert-OH is 1. The number of halogens is 1. The van der Waals surface area contributed by atoms with Gasteiger partial charge in [-0.1, -0.05) is 39.7 Å². The van der Waals surface area contributed by atoms with E-state index in [9.17, 15) is 13.5 Å². The zero-order valence-corrected chi connectivity index (χ0v) is 14.9. The summed E-state index contributed by atoms with van der Waals surface area (Å²) in [5.41, 5.74) is 2.40. The predicted molar refractivity (Wildman–Crippen MR) is 94.2 cm³/mol. The van der Waals surface area contributed by atoms with Crippen molar-refractivity contribution in [2.24, 2.45) is 0 Å². The topological polar surface area (TPSA) is 59.3 Å². The van der Waals surface area contributed by atoms with Gasteiger partial charge < -0.3 is 5.11 Å². The summed E-state index contributed by atoms with van der Waals surface area (Å²) in [5.74, 6) is 0. The number of rotatable bonds is 4. The van der Waals surface area contributed by atoms with Crippen LogP contribution in [0.5, 0.6) is 0 Å². The van der Waals surface area contributed by atoms with Crippen LogP contribution in [-0.4, -0.2) is 24.1 Å². The zero-order valence-electron chi connectivity index (χ0n) is 12.5. The van der Waals surface area contributed by atoms with Gasteiger partial charge in [-0.3, -0.25) is 0 Å².